The SMILES string of the molecule is COC(=O)c1ccc(C2Nc3c(C)cc(C)cc3-c3cc(C)nn32)cc1. The Morgan fingerprint density at radius 3 is 2.54 bits per heavy atom. The minimum Gasteiger partial charge on any atom is -0.465 e. The van der Waals surface area contributed by atoms with E-state index in [9.17, 15) is 4.79 Å². The molecule has 5 nitrogen and oxygen atoms in total. The third-order valence-corrected chi connectivity index (χ3v) is 4.79. The summed E-state index contributed by atoms with van der Waals surface area (Å²) in [5, 5.41) is 8.33. The Hall–Kier alpha value is -3.08. The number of ether oxygens (including phenoxy) is 1. The number of hydrogen-bond donors (Lipinski definition) is 1. The fourth-order valence-corrected chi connectivity index (χ4v) is 3.62. The quantitative estimate of drug-likeness (QED) is 0.705. The number of hydrogen-bond acceptors (Lipinski definition) is 4. The highest BCUT2D eigenvalue weighted by Crippen LogP contribution is 2.41. The van der Waals surface area contributed by atoms with E-state index in [2.05, 4.69) is 37.4 Å². The van der Waals surface area contributed by atoms with E-state index in [-0.39, 0.29) is 12.1 Å². The van der Waals surface area contributed by atoms with Gasteiger partial charge in [-0.05, 0) is 56.2 Å². The van der Waals surface area contributed by atoms with Gasteiger partial charge in [0.2, 0.25) is 0 Å². The molecule has 2 aromatic carbocycles. The van der Waals surface area contributed by atoms with Crippen LogP contribution in [0.4, 0.5) is 5.69 Å². The molecule has 2 heterocycles. The average molecular weight is 347 g/mol. The van der Waals surface area contributed by atoms with Crippen LogP contribution in [0.1, 0.15) is 38.9 Å². The summed E-state index contributed by atoms with van der Waals surface area (Å²) >= 11 is 0. The summed E-state index contributed by atoms with van der Waals surface area (Å²) < 4.78 is 6.80. The molecule has 3 aromatic rings. The van der Waals surface area contributed by atoms with Gasteiger partial charge in [-0.3, -0.25) is 0 Å². The second kappa shape index (κ2) is 6.02. The van der Waals surface area contributed by atoms with Crippen LogP contribution in [-0.4, -0.2) is 22.9 Å². The number of aromatic nitrogens is 2. The molecule has 0 saturated heterocycles. The number of aryl methyl sites for hydroxylation is 3. The van der Waals surface area contributed by atoms with Crippen LogP contribution in [0.2, 0.25) is 0 Å². The van der Waals surface area contributed by atoms with E-state index in [4.69, 9.17) is 9.84 Å². The lowest BCUT2D eigenvalue weighted by molar-refractivity contribution is 0.0600. The molecule has 1 atom stereocenters. The van der Waals surface area contributed by atoms with Gasteiger partial charge in [0.1, 0.15) is 6.17 Å². The number of anilines is 1. The smallest absolute Gasteiger partial charge is 0.337 e. The van der Waals surface area contributed by atoms with Crippen molar-refractivity contribution < 1.29 is 9.53 Å². The van der Waals surface area contributed by atoms with Crippen LogP contribution < -0.4 is 5.32 Å². The summed E-state index contributed by atoms with van der Waals surface area (Å²) in [7, 11) is 1.39. The molecule has 0 aliphatic carbocycles. The van der Waals surface area contributed by atoms with Gasteiger partial charge in [0.25, 0.3) is 0 Å². The van der Waals surface area contributed by atoms with Gasteiger partial charge in [0.15, 0.2) is 0 Å². The van der Waals surface area contributed by atoms with Gasteiger partial charge in [0, 0.05) is 11.3 Å². The molecule has 5 heteroatoms. The van der Waals surface area contributed by atoms with Crippen molar-refractivity contribution in [2.24, 2.45) is 0 Å². The molecule has 0 spiro atoms. The van der Waals surface area contributed by atoms with E-state index in [0.717, 1.165) is 22.6 Å². The molecule has 0 saturated carbocycles. The maximum atomic E-state index is 11.7. The van der Waals surface area contributed by atoms with Crippen LogP contribution >= 0.6 is 0 Å². The molecule has 26 heavy (non-hydrogen) atoms. The Bertz CT molecular complexity index is 1000. The Morgan fingerprint density at radius 2 is 1.85 bits per heavy atom. The van der Waals surface area contributed by atoms with Gasteiger partial charge in [-0.15, -0.1) is 0 Å². The fourth-order valence-electron chi connectivity index (χ4n) is 3.62. The molecule has 1 unspecified atom stereocenters. The van der Waals surface area contributed by atoms with E-state index >= 15 is 0 Å². The molecule has 1 aliphatic rings. The second-order valence-corrected chi connectivity index (χ2v) is 6.78. The topological polar surface area (TPSA) is 56.1 Å². The predicted octanol–water partition coefficient (Wildman–Crippen LogP) is 4.23. The molecular formula is C21H21N3O2. The zero-order valence-corrected chi connectivity index (χ0v) is 15.3. The van der Waals surface area contributed by atoms with Crippen molar-refractivity contribution >= 4 is 11.7 Å². The van der Waals surface area contributed by atoms with Gasteiger partial charge in [-0.2, -0.15) is 5.10 Å². The monoisotopic (exact) mass is 347 g/mol. The van der Waals surface area contributed by atoms with Crippen molar-refractivity contribution in [2.45, 2.75) is 26.9 Å². The highest BCUT2D eigenvalue weighted by Gasteiger charge is 2.27. The van der Waals surface area contributed by atoms with Gasteiger partial charge in [0.05, 0.1) is 24.1 Å². The zero-order chi connectivity index (χ0) is 18.4. The number of methoxy groups -OCH3 is 1. The lowest BCUT2D eigenvalue weighted by atomic mass is 9.98. The van der Waals surface area contributed by atoms with Crippen molar-refractivity contribution in [2.75, 3.05) is 12.4 Å². The molecule has 1 aliphatic heterocycles. The fraction of sp³-hybridized carbons (Fsp3) is 0.238. The van der Waals surface area contributed by atoms with Gasteiger partial charge in [-0.25, -0.2) is 9.48 Å². The standard InChI is InChI=1S/C21H21N3O2/c1-12-9-13(2)19-17(10-12)18-11-14(3)23-24(18)20(22-19)15-5-7-16(8-6-15)21(25)26-4/h5-11,20,22H,1-4H3. The molecule has 132 valence electrons. The summed E-state index contributed by atoms with van der Waals surface area (Å²) in [5.74, 6) is -0.333. The first-order valence-corrected chi connectivity index (χ1v) is 8.60. The van der Waals surface area contributed by atoms with Crippen LogP contribution in [0.25, 0.3) is 11.3 Å². The molecule has 0 fully saturated rings. The minimum absolute atomic E-state index is 0.126. The van der Waals surface area contributed by atoms with E-state index in [0.29, 0.717) is 5.56 Å². The second-order valence-electron chi connectivity index (χ2n) is 6.78. The predicted molar refractivity (Wildman–Crippen MR) is 101 cm³/mol. The molecule has 0 amide bonds. The third-order valence-electron chi connectivity index (χ3n) is 4.79. The zero-order valence-electron chi connectivity index (χ0n) is 15.3. The Labute approximate surface area is 152 Å². The summed E-state index contributed by atoms with van der Waals surface area (Å²) in [6.07, 6.45) is -0.126. The number of carbonyl (C=O) groups excluding carboxylic acids is 1. The first kappa shape index (κ1) is 16.4. The lowest BCUT2D eigenvalue weighted by Crippen LogP contribution is -2.26. The molecule has 0 bridgehead atoms. The average Bonchev–Trinajstić information content (AvgIpc) is 3.02. The van der Waals surface area contributed by atoms with Crippen LogP contribution in [0.5, 0.6) is 0 Å². The summed E-state index contributed by atoms with van der Waals surface area (Å²) in [6.45, 7) is 6.23. The first-order chi connectivity index (χ1) is 12.5. The Balaban J connectivity index is 1.82. The number of benzene rings is 2. The summed E-state index contributed by atoms with van der Waals surface area (Å²) in [5.41, 5.74) is 8.39. The highest BCUT2D eigenvalue weighted by atomic mass is 16.5. The minimum atomic E-state index is -0.333. The Morgan fingerprint density at radius 1 is 1.12 bits per heavy atom. The third kappa shape index (κ3) is 2.56. The van der Waals surface area contributed by atoms with E-state index in [1.807, 2.05) is 23.7 Å². The number of carbonyl (C=O) groups is 1. The Kier molecular flexibility index (Phi) is 3.80. The number of fused-ring (bicyclic) bond motifs is 3. The van der Waals surface area contributed by atoms with Crippen LogP contribution in [-0.2, 0) is 4.74 Å². The van der Waals surface area contributed by atoms with Gasteiger partial charge < -0.3 is 10.1 Å². The van der Waals surface area contributed by atoms with Crippen molar-refractivity contribution in [1.82, 2.24) is 9.78 Å². The van der Waals surface area contributed by atoms with E-state index in [1.54, 1.807) is 12.1 Å². The van der Waals surface area contributed by atoms with Crippen LogP contribution in [0.15, 0.2) is 42.5 Å². The van der Waals surface area contributed by atoms with Crippen LogP contribution in [0, 0.1) is 20.8 Å². The highest BCUT2D eigenvalue weighted by molar-refractivity contribution is 5.89. The maximum absolute atomic E-state index is 11.7. The summed E-state index contributed by atoms with van der Waals surface area (Å²) in [4.78, 5) is 11.7. The largest absolute Gasteiger partial charge is 0.465 e. The van der Waals surface area contributed by atoms with E-state index < -0.39 is 0 Å². The molecule has 4 rings (SSSR count). The maximum Gasteiger partial charge on any atom is 0.337 e. The first-order valence-electron chi connectivity index (χ1n) is 8.60. The van der Waals surface area contributed by atoms with Crippen molar-refractivity contribution in [1.29, 1.82) is 0 Å². The summed E-state index contributed by atoms with van der Waals surface area (Å²) in [6, 6.07) is 14.0. The lowest BCUT2D eigenvalue weighted by Gasteiger charge is -2.30. The molecular weight excluding hydrogens is 326 g/mol. The van der Waals surface area contributed by atoms with E-state index in [1.165, 1.54) is 23.8 Å². The number of esters is 1. The number of rotatable bonds is 2. The van der Waals surface area contributed by atoms with Crippen molar-refractivity contribution in [3.05, 3.63) is 70.4 Å². The van der Waals surface area contributed by atoms with Crippen molar-refractivity contribution in [3.63, 3.8) is 0 Å². The molecule has 0 radical (unpaired) electrons. The number of nitrogens with one attached hydrogen (secondary N) is 1. The van der Waals surface area contributed by atoms with Gasteiger partial charge in [-0.1, -0.05) is 23.8 Å². The number of nitrogens with zero attached hydrogens (tertiary/aromatic N) is 2. The van der Waals surface area contributed by atoms with Crippen LogP contribution in [0.3, 0.4) is 0 Å². The molecule has 1 N–H and O–H groups in total. The van der Waals surface area contributed by atoms with Crippen molar-refractivity contribution in [3.8, 4) is 11.3 Å². The molecule has 1 aromatic heterocycles. The normalized spacial score (nSPS) is 15.0. The van der Waals surface area contributed by atoms with Gasteiger partial charge >= 0.3 is 5.97 Å².